The van der Waals surface area contributed by atoms with Crippen molar-refractivity contribution in [2.24, 2.45) is 0 Å². The second kappa shape index (κ2) is 7.56. The minimum absolute atomic E-state index is 0.0719. The minimum atomic E-state index is -3.56. The number of esters is 1. The Balaban J connectivity index is 1.73. The van der Waals surface area contributed by atoms with Gasteiger partial charge in [-0.15, -0.1) is 0 Å². The Kier molecular flexibility index (Phi) is 5.42. The first-order valence-electron chi connectivity index (χ1n) is 7.98. The van der Waals surface area contributed by atoms with Gasteiger partial charge in [0, 0.05) is 18.1 Å². The van der Waals surface area contributed by atoms with Crippen LogP contribution in [0.4, 0.5) is 0 Å². The molecule has 5 nitrogen and oxygen atoms in total. The molecule has 1 heterocycles. The van der Waals surface area contributed by atoms with Gasteiger partial charge in [0.05, 0.1) is 10.5 Å². The average Bonchev–Trinajstić information content (AvgIpc) is 3.15. The average molecular weight is 380 g/mol. The van der Waals surface area contributed by atoms with Crippen LogP contribution in [0, 0.1) is 0 Å². The third kappa shape index (κ3) is 4.21. The van der Waals surface area contributed by atoms with Gasteiger partial charge in [0.2, 0.25) is 10.0 Å². The van der Waals surface area contributed by atoms with Crippen molar-refractivity contribution in [3.05, 3.63) is 64.7 Å². The zero-order chi connectivity index (χ0) is 17.9. The first-order valence-corrected chi connectivity index (χ1v) is 9.80. The number of benzene rings is 2. The summed E-state index contributed by atoms with van der Waals surface area (Å²) < 4.78 is 31.9. The van der Waals surface area contributed by atoms with Gasteiger partial charge in [-0.05, 0) is 48.7 Å². The number of carbonyl (C=O) groups is 1. The first kappa shape index (κ1) is 17.9. The molecule has 25 heavy (non-hydrogen) atoms. The molecule has 3 rings (SSSR count). The molecule has 0 N–H and O–H groups in total. The van der Waals surface area contributed by atoms with Crippen molar-refractivity contribution in [2.45, 2.75) is 24.3 Å². The number of nitrogens with zero attached hydrogens (tertiary/aromatic N) is 1. The lowest BCUT2D eigenvalue weighted by Crippen LogP contribution is -2.28. The van der Waals surface area contributed by atoms with Crippen LogP contribution in [0.25, 0.3) is 0 Å². The van der Waals surface area contributed by atoms with E-state index in [0.29, 0.717) is 18.1 Å². The highest BCUT2D eigenvalue weighted by Crippen LogP contribution is 2.22. The van der Waals surface area contributed by atoms with Gasteiger partial charge >= 0.3 is 5.97 Å². The monoisotopic (exact) mass is 379 g/mol. The Hall–Kier alpha value is -1.89. The Morgan fingerprint density at radius 1 is 1.08 bits per heavy atom. The summed E-state index contributed by atoms with van der Waals surface area (Å²) in [5.74, 6) is -0.571. The number of carbonyl (C=O) groups excluding carboxylic acids is 1. The van der Waals surface area contributed by atoms with E-state index < -0.39 is 16.0 Å². The SMILES string of the molecule is O=C(OCc1cccc(Cl)c1)c1cccc(S(=O)(=O)N2CCCC2)c1. The maximum absolute atomic E-state index is 12.6. The van der Waals surface area contributed by atoms with Crippen molar-refractivity contribution in [1.29, 1.82) is 0 Å². The molecule has 0 spiro atoms. The molecular formula is C18H18ClNO4S. The van der Waals surface area contributed by atoms with Gasteiger partial charge in [-0.3, -0.25) is 0 Å². The van der Waals surface area contributed by atoms with Crippen molar-refractivity contribution in [3.63, 3.8) is 0 Å². The smallest absolute Gasteiger partial charge is 0.338 e. The summed E-state index contributed by atoms with van der Waals surface area (Å²) >= 11 is 5.90. The van der Waals surface area contributed by atoms with Gasteiger partial charge in [0.15, 0.2) is 0 Å². The summed E-state index contributed by atoms with van der Waals surface area (Å²) in [5.41, 5.74) is 0.976. The molecule has 0 amide bonds. The van der Waals surface area contributed by atoms with Crippen molar-refractivity contribution in [3.8, 4) is 0 Å². The maximum atomic E-state index is 12.6. The van der Waals surface area contributed by atoms with Gasteiger partial charge in [0.25, 0.3) is 0 Å². The van der Waals surface area contributed by atoms with E-state index in [1.807, 2.05) is 0 Å². The quantitative estimate of drug-likeness (QED) is 0.746. The van der Waals surface area contributed by atoms with E-state index in [9.17, 15) is 13.2 Å². The zero-order valence-corrected chi connectivity index (χ0v) is 15.1. The van der Waals surface area contributed by atoms with E-state index in [2.05, 4.69) is 0 Å². The fourth-order valence-electron chi connectivity index (χ4n) is 2.72. The number of ether oxygens (including phenoxy) is 1. The van der Waals surface area contributed by atoms with Crippen molar-refractivity contribution in [2.75, 3.05) is 13.1 Å². The zero-order valence-electron chi connectivity index (χ0n) is 13.5. The fraction of sp³-hybridized carbons (Fsp3) is 0.278. The van der Waals surface area contributed by atoms with Gasteiger partial charge < -0.3 is 4.74 Å². The minimum Gasteiger partial charge on any atom is -0.457 e. The Morgan fingerprint density at radius 2 is 1.80 bits per heavy atom. The molecule has 0 aliphatic carbocycles. The highest BCUT2D eigenvalue weighted by Gasteiger charge is 2.27. The van der Waals surface area contributed by atoms with Gasteiger partial charge in [-0.2, -0.15) is 4.31 Å². The largest absolute Gasteiger partial charge is 0.457 e. The number of hydrogen-bond acceptors (Lipinski definition) is 4. The molecule has 2 aromatic carbocycles. The molecule has 0 atom stereocenters. The van der Waals surface area contributed by atoms with Gasteiger partial charge in [-0.1, -0.05) is 29.8 Å². The lowest BCUT2D eigenvalue weighted by atomic mass is 10.2. The lowest BCUT2D eigenvalue weighted by Gasteiger charge is -2.15. The molecule has 7 heteroatoms. The molecule has 0 bridgehead atoms. The van der Waals surface area contributed by atoms with Crippen LogP contribution in [0.5, 0.6) is 0 Å². The molecule has 1 aliphatic heterocycles. The topological polar surface area (TPSA) is 63.7 Å². The highest BCUT2D eigenvalue weighted by molar-refractivity contribution is 7.89. The summed E-state index contributed by atoms with van der Waals surface area (Å²) in [4.78, 5) is 12.4. The van der Waals surface area contributed by atoms with Crippen LogP contribution < -0.4 is 0 Å². The molecule has 132 valence electrons. The summed E-state index contributed by atoms with van der Waals surface area (Å²) in [5, 5.41) is 0.562. The second-order valence-corrected chi connectivity index (χ2v) is 8.22. The third-order valence-corrected chi connectivity index (χ3v) is 6.16. The van der Waals surface area contributed by atoms with Gasteiger partial charge in [-0.25, -0.2) is 13.2 Å². The summed E-state index contributed by atoms with van der Waals surface area (Å²) in [6.45, 7) is 1.11. The number of hydrogen-bond donors (Lipinski definition) is 0. The van der Waals surface area contributed by atoms with Crippen LogP contribution in [-0.2, 0) is 21.4 Å². The molecule has 1 fully saturated rings. The number of rotatable bonds is 5. The number of sulfonamides is 1. The Morgan fingerprint density at radius 3 is 2.52 bits per heavy atom. The lowest BCUT2D eigenvalue weighted by molar-refractivity contribution is 0.0472. The van der Waals surface area contributed by atoms with E-state index in [-0.39, 0.29) is 17.1 Å². The van der Waals surface area contributed by atoms with Crippen molar-refractivity contribution in [1.82, 2.24) is 4.31 Å². The summed E-state index contributed by atoms with van der Waals surface area (Å²) in [6, 6.07) is 13.0. The molecular weight excluding hydrogens is 362 g/mol. The van der Waals surface area contributed by atoms with Gasteiger partial charge in [0.1, 0.15) is 6.61 Å². The standard InChI is InChI=1S/C18H18ClNO4S/c19-16-7-3-5-14(11-16)13-24-18(21)15-6-4-8-17(12-15)25(22,23)20-9-1-2-10-20/h3-8,11-12H,1-2,9-10,13H2. The summed E-state index contributed by atoms with van der Waals surface area (Å²) in [7, 11) is -3.56. The fourth-order valence-corrected chi connectivity index (χ4v) is 4.50. The van der Waals surface area contributed by atoms with E-state index >= 15 is 0 Å². The Bertz CT molecular complexity index is 876. The molecule has 1 saturated heterocycles. The molecule has 0 unspecified atom stereocenters. The summed E-state index contributed by atoms with van der Waals surface area (Å²) in [6.07, 6.45) is 1.72. The van der Waals surface area contributed by atoms with Crippen LogP contribution in [-0.4, -0.2) is 31.8 Å². The molecule has 0 saturated carbocycles. The van der Waals surface area contributed by atoms with Crippen LogP contribution >= 0.6 is 11.6 Å². The van der Waals surface area contributed by atoms with E-state index in [4.69, 9.17) is 16.3 Å². The highest BCUT2D eigenvalue weighted by atomic mass is 35.5. The van der Waals surface area contributed by atoms with Crippen LogP contribution in [0.3, 0.4) is 0 Å². The predicted molar refractivity (Wildman–Crippen MR) is 95.0 cm³/mol. The molecule has 0 aromatic heterocycles. The van der Waals surface area contributed by atoms with Crippen LogP contribution in [0.1, 0.15) is 28.8 Å². The Labute approximate surface area is 152 Å². The second-order valence-electron chi connectivity index (χ2n) is 5.85. The molecule has 0 radical (unpaired) electrons. The van der Waals surface area contributed by atoms with E-state index in [1.165, 1.54) is 16.4 Å². The van der Waals surface area contributed by atoms with Crippen LogP contribution in [0.15, 0.2) is 53.4 Å². The first-order chi connectivity index (χ1) is 12.0. The van der Waals surface area contributed by atoms with E-state index in [0.717, 1.165) is 18.4 Å². The molecule has 2 aromatic rings. The van der Waals surface area contributed by atoms with Crippen LogP contribution in [0.2, 0.25) is 5.02 Å². The molecule has 1 aliphatic rings. The predicted octanol–water partition coefficient (Wildman–Crippen LogP) is 3.48. The third-order valence-electron chi connectivity index (χ3n) is 4.03. The normalized spacial score (nSPS) is 15.2. The van der Waals surface area contributed by atoms with Crippen molar-refractivity contribution >= 4 is 27.6 Å². The van der Waals surface area contributed by atoms with E-state index in [1.54, 1.807) is 36.4 Å². The number of halogens is 1. The van der Waals surface area contributed by atoms with Crippen molar-refractivity contribution < 1.29 is 17.9 Å². The maximum Gasteiger partial charge on any atom is 0.338 e.